The number of hydrogen-bond acceptors (Lipinski definition) is 5. The Hall–Kier alpha value is -4.59. The van der Waals surface area contributed by atoms with Crippen molar-refractivity contribution >= 4 is 28.9 Å². The molecule has 208 valence electrons. The van der Waals surface area contributed by atoms with E-state index in [1.165, 1.54) is 0 Å². The summed E-state index contributed by atoms with van der Waals surface area (Å²) in [6, 6.07) is 23.8. The first-order valence-electron chi connectivity index (χ1n) is 13.4. The molecule has 2 N–H and O–H groups in total. The molecule has 0 bridgehead atoms. The summed E-state index contributed by atoms with van der Waals surface area (Å²) in [6.45, 7) is 4.93. The summed E-state index contributed by atoms with van der Waals surface area (Å²) in [4.78, 5) is 40.1. The van der Waals surface area contributed by atoms with Gasteiger partial charge < -0.3 is 24.5 Å². The molecule has 0 saturated carbocycles. The van der Waals surface area contributed by atoms with E-state index in [1.54, 1.807) is 0 Å². The molecule has 1 amide bonds. The number of amides is 1. The molecule has 0 atom stereocenters. The number of hydrogen-bond donors (Lipinski definition) is 2. The van der Waals surface area contributed by atoms with Gasteiger partial charge in [0.05, 0.1) is 6.61 Å². The number of aromatic nitrogens is 1. The SMILES string of the molecule is CC(C)N(Cc1cccc(OCCCCCC(=O)OC(=O)O)c1)C(=O)c1ccc(-c2ccc3[nH]ccc3c2)cc1. The van der Waals surface area contributed by atoms with Gasteiger partial charge >= 0.3 is 12.1 Å². The standard InChI is InChI=1S/C32H34N2O6/c1-22(2)34(21-23-7-6-8-28(19-23)39-18-5-3-4-9-30(35)40-32(37)38)31(36)25-12-10-24(11-13-25)26-14-15-29-27(20-26)16-17-33-29/h6-8,10-17,19-20,22,33H,3-5,9,18,21H2,1-2H3,(H,37,38). The quantitative estimate of drug-likeness (QED) is 0.113. The van der Waals surface area contributed by atoms with Crippen LogP contribution in [0.25, 0.3) is 22.0 Å². The number of aromatic amines is 1. The summed E-state index contributed by atoms with van der Waals surface area (Å²) in [5.74, 6) is -0.0612. The van der Waals surface area contributed by atoms with Gasteiger partial charge in [-0.1, -0.05) is 30.3 Å². The minimum Gasteiger partial charge on any atom is -0.494 e. The summed E-state index contributed by atoms with van der Waals surface area (Å²) in [5.41, 5.74) is 4.85. The van der Waals surface area contributed by atoms with Gasteiger partial charge in [-0.25, -0.2) is 4.79 Å². The number of nitrogens with zero attached hydrogens (tertiary/aromatic N) is 1. The highest BCUT2D eigenvalue weighted by atomic mass is 16.7. The van der Waals surface area contributed by atoms with E-state index < -0.39 is 12.1 Å². The van der Waals surface area contributed by atoms with Crippen LogP contribution in [0.1, 0.15) is 55.5 Å². The maximum Gasteiger partial charge on any atom is 0.513 e. The molecule has 1 aromatic heterocycles. The molecule has 8 nitrogen and oxygen atoms in total. The van der Waals surface area contributed by atoms with E-state index in [9.17, 15) is 14.4 Å². The van der Waals surface area contributed by atoms with Crippen LogP contribution in [0.2, 0.25) is 0 Å². The third-order valence-corrected chi connectivity index (χ3v) is 6.65. The Balaban J connectivity index is 1.32. The van der Waals surface area contributed by atoms with Crippen molar-refractivity contribution < 1.29 is 29.0 Å². The van der Waals surface area contributed by atoms with Crippen molar-refractivity contribution in [2.75, 3.05) is 6.61 Å². The summed E-state index contributed by atoms with van der Waals surface area (Å²) in [6.07, 6.45) is 2.37. The van der Waals surface area contributed by atoms with Gasteiger partial charge in [-0.05, 0) is 97.7 Å². The van der Waals surface area contributed by atoms with Gasteiger partial charge in [0.1, 0.15) is 5.75 Å². The number of unbranched alkanes of at least 4 members (excludes halogenated alkanes) is 2. The van der Waals surface area contributed by atoms with Gasteiger partial charge in [0, 0.05) is 36.3 Å². The van der Waals surface area contributed by atoms with Crippen molar-refractivity contribution in [3.05, 3.63) is 90.1 Å². The van der Waals surface area contributed by atoms with Crippen LogP contribution in [0, 0.1) is 0 Å². The van der Waals surface area contributed by atoms with Crippen molar-refractivity contribution in [3.63, 3.8) is 0 Å². The summed E-state index contributed by atoms with van der Waals surface area (Å²) in [5, 5.41) is 9.58. The monoisotopic (exact) mass is 542 g/mol. The van der Waals surface area contributed by atoms with Crippen molar-refractivity contribution in [2.24, 2.45) is 0 Å². The molecule has 0 aliphatic rings. The predicted molar refractivity (Wildman–Crippen MR) is 153 cm³/mol. The fraction of sp³-hybridized carbons (Fsp3) is 0.281. The fourth-order valence-electron chi connectivity index (χ4n) is 4.51. The van der Waals surface area contributed by atoms with Gasteiger partial charge in [-0.3, -0.25) is 9.59 Å². The smallest absolute Gasteiger partial charge is 0.494 e. The number of carbonyl (C=O) groups excluding carboxylic acids is 2. The average molecular weight is 543 g/mol. The lowest BCUT2D eigenvalue weighted by molar-refractivity contribution is -0.139. The second-order valence-corrected chi connectivity index (χ2v) is 9.93. The van der Waals surface area contributed by atoms with E-state index in [2.05, 4.69) is 27.9 Å². The molecule has 0 saturated heterocycles. The zero-order chi connectivity index (χ0) is 28.5. The van der Waals surface area contributed by atoms with Crippen LogP contribution < -0.4 is 4.74 Å². The van der Waals surface area contributed by atoms with Gasteiger partial charge in [-0.2, -0.15) is 0 Å². The Labute approximate surface area is 233 Å². The molecular weight excluding hydrogens is 508 g/mol. The van der Waals surface area contributed by atoms with Crippen LogP contribution in [0.4, 0.5) is 4.79 Å². The zero-order valence-electron chi connectivity index (χ0n) is 22.8. The summed E-state index contributed by atoms with van der Waals surface area (Å²) in [7, 11) is 0. The van der Waals surface area contributed by atoms with E-state index in [-0.39, 0.29) is 18.4 Å². The Bertz CT molecular complexity index is 1460. The molecule has 4 rings (SSSR count). The summed E-state index contributed by atoms with van der Waals surface area (Å²) < 4.78 is 9.95. The number of nitrogens with one attached hydrogen (secondary N) is 1. The zero-order valence-corrected chi connectivity index (χ0v) is 22.8. The van der Waals surface area contributed by atoms with Crippen molar-refractivity contribution in [2.45, 2.75) is 52.1 Å². The second-order valence-electron chi connectivity index (χ2n) is 9.93. The number of H-pyrrole nitrogens is 1. The molecule has 0 aliphatic carbocycles. The maximum atomic E-state index is 13.5. The number of fused-ring (bicyclic) bond motifs is 1. The largest absolute Gasteiger partial charge is 0.513 e. The highest BCUT2D eigenvalue weighted by molar-refractivity contribution is 5.95. The lowest BCUT2D eigenvalue weighted by atomic mass is 10.0. The Morgan fingerprint density at radius 3 is 2.42 bits per heavy atom. The first kappa shape index (κ1) is 28.4. The molecule has 40 heavy (non-hydrogen) atoms. The van der Waals surface area contributed by atoms with Gasteiger partial charge in [0.25, 0.3) is 5.91 Å². The molecule has 0 fully saturated rings. The van der Waals surface area contributed by atoms with E-state index in [0.29, 0.717) is 37.3 Å². The van der Waals surface area contributed by atoms with Gasteiger partial charge in [0.15, 0.2) is 0 Å². The molecule has 8 heteroatoms. The minimum absolute atomic E-state index is 0.000524. The van der Waals surface area contributed by atoms with Gasteiger partial charge in [0.2, 0.25) is 0 Å². The third kappa shape index (κ3) is 7.72. The van der Waals surface area contributed by atoms with Crippen LogP contribution in [0.5, 0.6) is 5.75 Å². The molecule has 4 aromatic rings. The number of carbonyl (C=O) groups is 3. The Kier molecular flexibility index (Phi) is 9.57. The van der Waals surface area contributed by atoms with E-state index in [4.69, 9.17) is 9.84 Å². The van der Waals surface area contributed by atoms with E-state index in [1.807, 2.05) is 79.5 Å². The Morgan fingerprint density at radius 1 is 0.900 bits per heavy atom. The van der Waals surface area contributed by atoms with Crippen molar-refractivity contribution in [1.29, 1.82) is 0 Å². The number of carboxylic acid groups (broad SMARTS) is 1. The van der Waals surface area contributed by atoms with Crippen molar-refractivity contribution in [1.82, 2.24) is 9.88 Å². The van der Waals surface area contributed by atoms with Gasteiger partial charge in [-0.15, -0.1) is 0 Å². The number of rotatable bonds is 12. The Morgan fingerprint density at radius 2 is 1.68 bits per heavy atom. The minimum atomic E-state index is -1.58. The summed E-state index contributed by atoms with van der Waals surface area (Å²) >= 11 is 0. The molecule has 0 aliphatic heterocycles. The van der Waals surface area contributed by atoms with Crippen LogP contribution in [-0.2, 0) is 16.1 Å². The molecular formula is C32H34N2O6. The molecule has 1 heterocycles. The number of esters is 1. The fourth-order valence-corrected chi connectivity index (χ4v) is 4.51. The predicted octanol–water partition coefficient (Wildman–Crippen LogP) is 7.05. The lowest BCUT2D eigenvalue weighted by Crippen LogP contribution is -2.36. The molecule has 0 radical (unpaired) electrons. The van der Waals surface area contributed by atoms with Crippen molar-refractivity contribution in [3.8, 4) is 16.9 Å². The molecule has 0 unspecified atom stereocenters. The highest BCUT2D eigenvalue weighted by Crippen LogP contribution is 2.25. The first-order valence-corrected chi connectivity index (χ1v) is 13.4. The lowest BCUT2D eigenvalue weighted by Gasteiger charge is -2.27. The average Bonchev–Trinajstić information content (AvgIpc) is 3.41. The van der Waals surface area contributed by atoms with E-state index in [0.717, 1.165) is 34.0 Å². The second kappa shape index (κ2) is 13.5. The normalized spacial score (nSPS) is 11.0. The maximum absolute atomic E-state index is 13.5. The highest BCUT2D eigenvalue weighted by Gasteiger charge is 2.19. The third-order valence-electron chi connectivity index (χ3n) is 6.65. The first-order chi connectivity index (χ1) is 19.3. The van der Waals surface area contributed by atoms with Crippen LogP contribution in [0.3, 0.4) is 0 Å². The van der Waals surface area contributed by atoms with Crippen LogP contribution >= 0.6 is 0 Å². The van der Waals surface area contributed by atoms with E-state index >= 15 is 0 Å². The molecule has 3 aromatic carbocycles. The topological polar surface area (TPSA) is 109 Å². The molecule has 0 spiro atoms. The number of benzene rings is 3. The van der Waals surface area contributed by atoms with Crippen LogP contribution in [-0.4, -0.2) is 45.7 Å². The van der Waals surface area contributed by atoms with Crippen LogP contribution in [0.15, 0.2) is 79.0 Å². The number of ether oxygens (including phenoxy) is 2.